The summed E-state index contributed by atoms with van der Waals surface area (Å²) in [6, 6.07) is 8.82. The maximum Gasteiger partial charge on any atom is 0.233 e. The highest BCUT2D eigenvalue weighted by Crippen LogP contribution is 2.12. The number of nitrogens with one attached hydrogen (secondary N) is 2. The summed E-state index contributed by atoms with van der Waals surface area (Å²) in [5, 5.41) is 6.56. The van der Waals surface area contributed by atoms with Gasteiger partial charge in [-0.2, -0.15) is 0 Å². The molecule has 0 saturated carbocycles. The SMILES string of the molecule is Cc1ccc(NS(=O)(=O)CC(C)C(=O)NCCc2cc(C)on2)cc1. The minimum Gasteiger partial charge on any atom is -0.361 e. The highest BCUT2D eigenvalue weighted by Gasteiger charge is 2.21. The van der Waals surface area contributed by atoms with E-state index < -0.39 is 15.9 Å². The van der Waals surface area contributed by atoms with Crippen molar-refractivity contribution in [1.29, 1.82) is 0 Å². The molecule has 136 valence electrons. The van der Waals surface area contributed by atoms with Crippen LogP contribution in [0, 0.1) is 19.8 Å². The minimum atomic E-state index is -3.60. The summed E-state index contributed by atoms with van der Waals surface area (Å²) < 4.78 is 31.8. The standard InChI is InChI=1S/C17H23N3O4S/c1-12-4-6-15(7-5-12)20-25(22,23)11-13(2)17(21)18-9-8-16-10-14(3)24-19-16/h4-7,10,13,20H,8-9,11H2,1-3H3,(H,18,21). The van der Waals surface area contributed by atoms with Crippen LogP contribution in [0.2, 0.25) is 0 Å². The number of hydrogen-bond donors (Lipinski definition) is 2. The summed E-state index contributed by atoms with van der Waals surface area (Å²) in [5.74, 6) is -0.546. The van der Waals surface area contributed by atoms with Crippen LogP contribution in [0.3, 0.4) is 0 Å². The molecule has 0 aliphatic heterocycles. The summed E-state index contributed by atoms with van der Waals surface area (Å²) in [6.07, 6.45) is 0.532. The van der Waals surface area contributed by atoms with Gasteiger partial charge in [0.1, 0.15) is 5.76 Å². The van der Waals surface area contributed by atoms with Gasteiger partial charge in [-0.15, -0.1) is 0 Å². The van der Waals surface area contributed by atoms with E-state index in [1.807, 2.05) is 19.1 Å². The minimum absolute atomic E-state index is 0.282. The lowest BCUT2D eigenvalue weighted by Gasteiger charge is -2.13. The van der Waals surface area contributed by atoms with Crippen molar-refractivity contribution in [2.24, 2.45) is 5.92 Å². The smallest absolute Gasteiger partial charge is 0.233 e. The fraction of sp³-hybridized carbons (Fsp3) is 0.412. The van der Waals surface area contributed by atoms with Crippen LogP contribution in [0.15, 0.2) is 34.9 Å². The Labute approximate surface area is 147 Å². The molecule has 1 amide bonds. The third kappa shape index (κ3) is 6.22. The Morgan fingerprint density at radius 2 is 1.92 bits per heavy atom. The van der Waals surface area contributed by atoms with Crippen molar-refractivity contribution < 1.29 is 17.7 Å². The summed E-state index contributed by atoms with van der Waals surface area (Å²) >= 11 is 0. The van der Waals surface area contributed by atoms with E-state index in [1.54, 1.807) is 32.0 Å². The molecule has 1 aromatic heterocycles. The van der Waals surface area contributed by atoms with Crippen LogP contribution < -0.4 is 10.0 Å². The zero-order valence-corrected chi connectivity index (χ0v) is 15.4. The van der Waals surface area contributed by atoms with E-state index in [0.29, 0.717) is 24.4 Å². The quantitative estimate of drug-likeness (QED) is 0.745. The molecule has 25 heavy (non-hydrogen) atoms. The lowest BCUT2D eigenvalue weighted by atomic mass is 10.2. The van der Waals surface area contributed by atoms with E-state index in [1.165, 1.54) is 0 Å². The van der Waals surface area contributed by atoms with Gasteiger partial charge in [0.2, 0.25) is 15.9 Å². The molecule has 2 N–H and O–H groups in total. The largest absolute Gasteiger partial charge is 0.361 e. The third-order valence-corrected chi connectivity index (χ3v) is 5.08. The number of hydrogen-bond acceptors (Lipinski definition) is 5. The van der Waals surface area contributed by atoms with E-state index in [4.69, 9.17) is 4.52 Å². The van der Waals surface area contributed by atoms with Crippen molar-refractivity contribution in [3.05, 3.63) is 47.3 Å². The molecule has 0 fully saturated rings. The molecule has 0 spiro atoms. The normalized spacial score (nSPS) is 12.6. The number of aromatic nitrogens is 1. The molecular formula is C17H23N3O4S. The van der Waals surface area contributed by atoms with Crippen molar-refractivity contribution in [3.8, 4) is 0 Å². The predicted molar refractivity (Wildman–Crippen MR) is 95.7 cm³/mol. The van der Waals surface area contributed by atoms with Gasteiger partial charge in [-0.3, -0.25) is 9.52 Å². The van der Waals surface area contributed by atoms with Crippen LogP contribution >= 0.6 is 0 Å². The first kappa shape index (κ1) is 19.0. The van der Waals surface area contributed by atoms with Gasteiger partial charge in [-0.1, -0.05) is 29.8 Å². The zero-order chi connectivity index (χ0) is 18.4. The third-order valence-electron chi connectivity index (χ3n) is 3.60. The average molecular weight is 365 g/mol. The molecule has 1 heterocycles. The van der Waals surface area contributed by atoms with Gasteiger partial charge >= 0.3 is 0 Å². The second kappa shape index (κ2) is 8.15. The molecule has 1 aromatic carbocycles. The van der Waals surface area contributed by atoms with Gasteiger partial charge in [0.25, 0.3) is 0 Å². The summed E-state index contributed by atoms with van der Waals surface area (Å²) in [4.78, 5) is 12.1. The number of rotatable bonds is 8. The van der Waals surface area contributed by atoms with E-state index in [9.17, 15) is 13.2 Å². The van der Waals surface area contributed by atoms with Gasteiger partial charge in [0.15, 0.2) is 0 Å². The number of carbonyl (C=O) groups excluding carboxylic acids is 1. The van der Waals surface area contributed by atoms with Crippen molar-refractivity contribution in [2.75, 3.05) is 17.0 Å². The van der Waals surface area contributed by atoms with E-state index >= 15 is 0 Å². The Kier molecular flexibility index (Phi) is 6.19. The number of amides is 1. The molecule has 0 bridgehead atoms. The molecule has 8 heteroatoms. The Hall–Kier alpha value is -2.35. The zero-order valence-electron chi connectivity index (χ0n) is 14.6. The molecule has 2 rings (SSSR count). The number of carbonyl (C=O) groups is 1. The molecular weight excluding hydrogens is 342 g/mol. The van der Waals surface area contributed by atoms with Gasteiger partial charge in [0, 0.05) is 24.7 Å². The van der Waals surface area contributed by atoms with Crippen molar-refractivity contribution >= 4 is 21.6 Å². The fourth-order valence-corrected chi connectivity index (χ4v) is 3.66. The lowest BCUT2D eigenvalue weighted by molar-refractivity contribution is -0.123. The Balaban J connectivity index is 1.81. The van der Waals surface area contributed by atoms with Crippen LogP contribution in [0.4, 0.5) is 5.69 Å². The highest BCUT2D eigenvalue weighted by molar-refractivity contribution is 7.92. The molecule has 1 atom stereocenters. The van der Waals surface area contributed by atoms with Crippen LogP contribution in [0.25, 0.3) is 0 Å². The number of nitrogens with zero attached hydrogens (tertiary/aromatic N) is 1. The summed E-state index contributed by atoms with van der Waals surface area (Å²) in [5.41, 5.74) is 2.27. The summed E-state index contributed by atoms with van der Waals surface area (Å²) in [6.45, 7) is 5.68. The van der Waals surface area contributed by atoms with Crippen molar-refractivity contribution in [2.45, 2.75) is 27.2 Å². The first-order valence-electron chi connectivity index (χ1n) is 8.02. The van der Waals surface area contributed by atoms with E-state index in [0.717, 1.165) is 11.3 Å². The molecule has 1 unspecified atom stereocenters. The monoisotopic (exact) mass is 365 g/mol. The first-order valence-corrected chi connectivity index (χ1v) is 9.67. The van der Waals surface area contributed by atoms with E-state index in [-0.39, 0.29) is 11.7 Å². The summed E-state index contributed by atoms with van der Waals surface area (Å²) in [7, 11) is -3.60. The van der Waals surface area contributed by atoms with Crippen LogP contribution in [-0.4, -0.2) is 31.8 Å². The molecule has 7 nitrogen and oxygen atoms in total. The lowest BCUT2D eigenvalue weighted by Crippen LogP contribution is -2.35. The van der Waals surface area contributed by atoms with Gasteiger partial charge in [-0.05, 0) is 26.0 Å². The van der Waals surface area contributed by atoms with Crippen molar-refractivity contribution in [1.82, 2.24) is 10.5 Å². The molecule has 0 aliphatic carbocycles. The molecule has 0 saturated heterocycles. The Bertz CT molecular complexity index is 813. The van der Waals surface area contributed by atoms with Gasteiger partial charge < -0.3 is 9.84 Å². The second-order valence-electron chi connectivity index (χ2n) is 6.12. The van der Waals surface area contributed by atoms with Crippen molar-refractivity contribution in [3.63, 3.8) is 0 Å². The predicted octanol–water partition coefficient (Wildman–Crippen LogP) is 2.03. The maximum absolute atomic E-state index is 12.2. The number of aryl methyl sites for hydroxylation is 2. The number of benzene rings is 1. The highest BCUT2D eigenvalue weighted by atomic mass is 32.2. The van der Waals surface area contributed by atoms with Crippen LogP contribution in [0.1, 0.15) is 23.9 Å². The van der Waals surface area contributed by atoms with Crippen LogP contribution in [0.5, 0.6) is 0 Å². The Morgan fingerprint density at radius 1 is 1.24 bits per heavy atom. The van der Waals surface area contributed by atoms with Gasteiger partial charge in [-0.25, -0.2) is 8.42 Å². The first-order chi connectivity index (χ1) is 11.7. The number of anilines is 1. The maximum atomic E-state index is 12.2. The number of sulfonamides is 1. The topological polar surface area (TPSA) is 101 Å². The van der Waals surface area contributed by atoms with Crippen LogP contribution in [-0.2, 0) is 21.2 Å². The van der Waals surface area contributed by atoms with Gasteiger partial charge in [0.05, 0.1) is 17.4 Å². The molecule has 0 radical (unpaired) electrons. The molecule has 2 aromatic rings. The van der Waals surface area contributed by atoms with E-state index in [2.05, 4.69) is 15.2 Å². The second-order valence-corrected chi connectivity index (χ2v) is 7.89. The average Bonchev–Trinajstić information content (AvgIpc) is 2.94. The fourth-order valence-electron chi connectivity index (χ4n) is 2.27. The Morgan fingerprint density at radius 3 is 2.52 bits per heavy atom. The molecule has 0 aliphatic rings.